The first-order valence-electron chi connectivity index (χ1n) is 5.98. The molecule has 1 aromatic carbocycles. The highest BCUT2D eigenvalue weighted by molar-refractivity contribution is 7.99. The van der Waals surface area contributed by atoms with Crippen LogP contribution in [0, 0.1) is 0 Å². The SMILES string of the molecule is O=C(CCSc1ccc(Cl)cc1)N/N=C\c1cccs1. The van der Waals surface area contributed by atoms with E-state index in [-0.39, 0.29) is 5.91 Å². The zero-order chi connectivity index (χ0) is 14.2. The number of nitrogens with one attached hydrogen (secondary N) is 1. The van der Waals surface area contributed by atoms with E-state index in [0.717, 1.165) is 14.8 Å². The predicted molar refractivity (Wildman–Crippen MR) is 86.8 cm³/mol. The van der Waals surface area contributed by atoms with Crippen LogP contribution in [0.5, 0.6) is 0 Å². The van der Waals surface area contributed by atoms with Gasteiger partial charge in [-0.15, -0.1) is 23.1 Å². The quantitative estimate of drug-likeness (QED) is 0.495. The second-order valence-corrected chi connectivity index (χ2v) is 6.45. The number of thiophene rings is 1. The average molecular weight is 325 g/mol. The van der Waals surface area contributed by atoms with E-state index in [9.17, 15) is 4.79 Å². The van der Waals surface area contributed by atoms with Crippen molar-refractivity contribution in [3.63, 3.8) is 0 Å². The highest BCUT2D eigenvalue weighted by Crippen LogP contribution is 2.20. The maximum absolute atomic E-state index is 11.6. The standard InChI is InChI=1S/C14H13ClN2OS2/c15-11-3-5-12(6-4-11)20-9-7-14(18)17-16-10-13-2-1-8-19-13/h1-6,8,10H,7,9H2,(H,17,18)/b16-10-. The van der Waals surface area contributed by atoms with Crippen molar-refractivity contribution in [3.05, 3.63) is 51.7 Å². The number of carbonyl (C=O) groups is 1. The third-order valence-electron chi connectivity index (χ3n) is 2.34. The molecule has 0 saturated carbocycles. The molecule has 0 radical (unpaired) electrons. The number of amides is 1. The minimum atomic E-state index is -0.0840. The molecule has 1 amide bonds. The number of rotatable bonds is 6. The Morgan fingerprint density at radius 2 is 2.15 bits per heavy atom. The van der Waals surface area contributed by atoms with Gasteiger partial charge in [0.1, 0.15) is 0 Å². The Morgan fingerprint density at radius 1 is 1.35 bits per heavy atom. The first kappa shape index (κ1) is 15.1. The molecule has 1 heterocycles. The van der Waals surface area contributed by atoms with E-state index in [0.29, 0.717) is 12.2 Å². The molecular formula is C14H13ClN2OS2. The summed E-state index contributed by atoms with van der Waals surface area (Å²) in [7, 11) is 0. The normalized spacial score (nSPS) is 10.8. The van der Waals surface area contributed by atoms with Crippen molar-refractivity contribution in [2.45, 2.75) is 11.3 Å². The third-order valence-corrected chi connectivity index (χ3v) is 4.41. The lowest BCUT2D eigenvalue weighted by Crippen LogP contribution is -2.17. The molecule has 0 spiro atoms. The average Bonchev–Trinajstić information content (AvgIpc) is 2.94. The Kier molecular flexibility index (Phi) is 6.11. The Hall–Kier alpha value is -1.30. The fourth-order valence-electron chi connectivity index (χ4n) is 1.38. The molecular weight excluding hydrogens is 312 g/mol. The minimum Gasteiger partial charge on any atom is -0.273 e. The number of benzene rings is 1. The molecule has 0 unspecified atom stereocenters. The molecule has 0 aliphatic carbocycles. The summed E-state index contributed by atoms with van der Waals surface area (Å²) in [5.41, 5.74) is 2.52. The van der Waals surface area contributed by atoms with Gasteiger partial charge < -0.3 is 0 Å². The summed E-state index contributed by atoms with van der Waals surface area (Å²) in [4.78, 5) is 13.7. The zero-order valence-electron chi connectivity index (χ0n) is 10.6. The van der Waals surface area contributed by atoms with Crippen molar-refractivity contribution in [3.8, 4) is 0 Å². The van der Waals surface area contributed by atoms with Crippen LogP contribution in [-0.2, 0) is 4.79 Å². The highest BCUT2D eigenvalue weighted by Gasteiger charge is 2.00. The maximum atomic E-state index is 11.6. The lowest BCUT2D eigenvalue weighted by molar-refractivity contribution is -0.120. The number of thioether (sulfide) groups is 1. The van der Waals surface area contributed by atoms with E-state index in [1.807, 2.05) is 41.8 Å². The Labute approximate surface area is 131 Å². The number of halogens is 1. The fraction of sp³-hybridized carbons (Fsp3) is 0.143. The Bertz CT molecular complexity index is 567. The van der Waals surface area contributed by atoms with Gasteiger partial charge in [-0.2, -0.15) is 5.10 Å². The van der Waals surface area contributed by atoms with Gasteiger partial charge in [0.15, 0.2) is 0 Å². The van der Waals surface area contributed by atoms with E-state index in [4.69, 9.17) is 11.6 Å². The summed E-state index contributed by atoms with van der Waals surface area (Å²) in [6.07, 6.45) is 2.07. The largest absolute Gasteiger partial charge is 0.273 e. The van der Waals surface area contributed by atoms with Gasteiger partial charge >= 0.3 is 0 Å². The smallest absolute Gasteiger partial charge is 0.240 e. The molecule has 1 N–H and O–H groups in total. The Balaban J connectivity index is 1.66. The Morgan fingerprint density at radius 3 is 2.85 bits per heavy atom. The molecule has 20 heavy (non-hydrogen) atoms. The van der Waals surface area contributed by atoms with Crippen LogP contribution in [0.2, 0.25) is 5.02 Å². The van der Waals surface area contributed by atoms with Crippen LogP contribution in [0.3, 0.4) is 0 Å². The van der Waals surface area contributed by atoms with E-state index in [1.165, 1.54) is 0 Å². The zero-order valence-corrected chi connectivity index (χ0v) is 13.0. The number of hydrogen-bond donors (Lipinski definition) is 1. The van der Waals surface area contributed by atoms with Crippen molar-refractivity contribution in [2.24, 2.45) is 5.10 Å². The predicted octanol–water partition coefficient (Wildman–Crippen LogP) is 4.03. The lowest BCUT2D eigenvalue weighted by Gasteiger charge is -2.01. The van der Waals surface area contributed by atoms with Crippen molar-refractivity contribution >= 4 is 46.8 Å². The van der Waals surface area contributed by atoms with Gasteiger partial charge in [0.25, 0.3) is 0 Å². The van der Waals surface area contributed by atoms with Crippen LogP contribution >= 0.6 is 34.7 Å². The molecule has 0 aliphatic heterocycles. The summed E-state index contributed by atoms with van der Waals surface area (Å²) in [6.45, 7) is 0. The summed E-state index contributed by atoms with van der Waals surface area (Å²) < 4.78 is 0. The van der Waals surface area contributed by atoms with Crippen LogP contribution in [0.25, 0.3) is 0 Å². The number of hydrogen-bond acceptors (Lipinski definition) is 4. The van der Waals surface area contributed by atoms with Gasteiger partial charge in [0.2, 0.25) is 5.91 Å². The molecule has 0 aliphatic rings. The monoisotopic (exact) mass is 324 g/mol. The van der Waals surface area contributed by atoms with Crippen LogP contribution in [0.4, 0.5) is 0 Å². The highest BCUT2D eigenvalue weighted by atomic mass is 35.5. The number of nitrogens with zero attached hydrogens (tertiary/aromatic N) is 1. The van der Waals surface area contributed by atoms with E-state index >= 15 is 0 Å². The summed E-state index contributed by atoms with van der Waals surface area (Å²) in [5.74, 6) is 0.626. The van der Waals surface area contributed by atoms with Gasteiger partial charge in [-0.1, -0.05) is 17.7 Å². The van der Waals surface area contributed by atoms with E-state index in [2.05, 4.69) is 10.5 Å². The summed E-state index contributed by atoms with van der Waals surface area (Å²) in [6, 6.07) is 11.5. The first-order chi connectivity index (χ1) is 9.74. The van der Waals surface area contributed by atoms with Crippen LogP contribution in [0.1, 0.15) is 11.3 Å². The summed E-state index contributed by atoms with van der Waals surface area (Å²) >= 11 is 9.00. The molecule has 0 fully saturated rings. The molecule has 2 aromatic rings. The molecule has 0 saturated heterocycles. The van der Waals surface area contributed by atoms with Gasteiger partial charge in [0.05, 0.1) is 6.21 Å². The molecule has 104 valence electrons. The number of carbonyl (C=O) groups excluding carboxylic acids is 1. The fourth-order valence-corrected chi connectivity index (χ4v) is 2.94. The molecule has 3 nitrogen and oxygen atoms in total. The van der Waals surface area contributed by atoms with Crippen molar-refractivity contribution < 1.29 is 4.79 Å². The molecule has 2 rings (SSSR count). The van der Waals surface area contributed by atoms with Gasteiger partial charge in [-0.25, -0.2) is 5.43 Å². The topological polar surface area (TPSA) is 41.5 Å². The van der Waals surface area contributed by atoms with Gasteiger partial charge in [-0.3, -0.25) is 4.79 Å². The van der Waals surface area contributed by atoms with Crippen LogP contribution < -0.4 is 5.43 Å². The molecule has 1 aromatic heterocycles. The van der Waals surface area contributed by atoms with Gasteiger partial charge in [0, 0.05) is 27.0 Å². The van der Waals surface area contributed by atoms with Crippen LogP contribution in [0.15, 0.2) is 51.8 Å². The lowest BCUT2D eigenvalue weighted by atomic mass is 10.4. The summed E-state index contributed by atoms with van der Waals surface area (Å²) in [5, 5.41) is 6.59. The first-order valence-corrected chi connectivity index (χ1v) is 8.22. The molecule has 0 bridgehead atoms. The number of hydrazone groups is 1. The third kappa shape index (κ3) is 5.36. The molecule has 0 atom stereocenters. The maximum Gasteiger partial charge on any atom is 0.240 e. The van der Waals surface area contributed by atoms with Crippen molar-refractivity contribution in [1.82, 2.24) is 5.43 Å². The minimum absolute atomic E-state index is 0.0840. The van der Waals surface area contributed by atoms with Crippen LogP contribution in [-0.4, -0.2) is 17.9 Å². The van der Waals surface area contributed by atoms with Crippen molar-refractivity contribution in [1.29, 1.82) is 0 Å². The van der Waals surface area contributed by atoms with E-state index < -0.39 is 0 Å². The van der Waals surface area contributed by atoms with E-state index in [1.54, 1.807) is 29.3 Å². The van der Waals surface area contributed by atoms with Crippen molar-refractivity contribution in [2.75, 3.05) is 5.75 Å². The second-order valence-electron chi connectivity index (χ2n) is 3.86. The van der Waals surface area contributed by atoms with Gasteiger partial charge in [-0.05, 0) is 35.7 Å². The molecule has 6 heteroatoms. The second kappa shape index (κ2) is 8.09.